The van der Waals surface area contributed by atoms with Crippen LogP contribution in [-0.4, -0.2) is 96.7 Å². The van der Waals surface area contributed by atoms with Crippen molar-refractivity contribution in [2.75, 3.05) is 39.6 Å². The Morgan fingerprint density at radius 3 is 0.900 bits per heavy atom. The number of unbranched alkanes of at least 4 members (excludes halogenated alkanes) is 30. The molecule has 0 aromatic rings. The fourth-order valence-electron chi connectivity index (χ4n) is 9.69. The van der Waals surface area contributed by atoms with Gasteiger partial charge in [0.05, 0.1) is 26.4 Å². The highest BCUT2D eigenvalue weighted by molar-refractivity contribution is 7.47. The van der Waals surface area contributed by atoms with Crippen LogP contribution in [0.25, 0.3) is 0 Å². The quantitative estimate of drug-likeness (QED) is 0.0169. The molecule has 0 aromatic heterocycles. The Bertz CT molecular complexity index is 1940. The molecule has 5 atom stereocenters. The van der Waals surface area contributed by atoms with Crippen LogP contribution >= 0.6 is 15.6 Å². The van der Waals surface area contributed by atoms with Crippen molar-refractivity contribution in [1.82, 2.24) is 0 Å². The van der Waals surface area contributed by atoms with E-state index in [1.807, 2.05) is 0 Å². The maximum atomic E-state index is 13.0. The van der Waals surface area contributed by atoms with Crippen LogP contribution in [0.4, 0.5) is 0 Å². The SMILES string of the molecule is CCCCCC/C=C\C=C/CCCCCCCC(=O)OC[C@H](COP(=O)(O)OCC(O)COP(=O)(O)OC[C@@H](COC(=O)CCCCCCCCCC(C)C)OC(=O)CCCCCCCCCC(C)C)OC(=O)CCCCCCC/C=C\C=C/CCCCCC. The maximum Gasteiger partial charge on any atom is 0.472 e. The number of carbonyl (C=O) groups excluding carboxylic acids is 4. The number of phosphoric acid groups is 2. The highest BCUT2D eigenvalue weighted by Gasteiger charge is 2.30. The molecule has 0 saturated heterocycles. The Hall–Kier alpha value is -2.98. The maximum absolute atomic E-state index is 13.0. The summed E-state index contributed by atoms with van der Waals surface area (Å²) in [6.07, 6.45) is 53.2. The van der Waals surface area contributed by atoms with Crippen LogP contribution in [0.5, 0.6) is 0 Å². The van der Waals surface area contributed by atoms with E-state index >= 15 is 0 Å². The lowest BCUT2D eigenvalue weighted by atomic mass is 10.0. The molecule has 0 rings (SSSR count). The molecule has 0 radical (unpaired) electrons. The second kappa shape index (κ2) is 62.2. The Morgan fingerprint density at radius 1 is 0.344 bits per heavy atom. The van der Waals surface area contributed by atoms with Crippen molar-refractivity contribution in [2.45, 2.75) is 330 Å². The first-order valence-corrected chi connectivity index (χ1v) is 38.6. The lowest BCUT2D eigenvalue weighted by Gasteiger charge is -2.21. The smallest absolute Gasteiger partial charge is 0.462 e. The number of aliphatic hydroxyl groups is 1. The average molecular weight is 1320 g/mol. The summed E-state index contributed by atoms with van der Waals surface area (Å²) in [4.78, 5) is 72.5. The van der Waals surface area contributed by atoms with Crippen LogP contribution in [0.1, 0.15) is 311 Å². The first kappa shape index (κ1) is 87.0. The van der Waals surface area contributed by atoms with Gasteiger partial charge in [0.1, 0.15) is 19.3 Å². The second-order valence-electron chi connectivity index (χ2n) is 25.2. The molecule has 3 unspecified atom stereocenters. The molecule has 0 fully saturated rings. The van der Waals surface area contributed by atoms with Crippen LogP contribution in [0.15, 0.2) is 48.6 Å². The van der Waals surface area contributed by atoms with Gasteiger partial charge < -0.3 is 33.8 Å². The van der Waals surface area contributed by atoms with Gasteiger partial charge in [-0.15, -0.1) is 0 Å². The number of ether oxygens (including phenoxy) is 4. The number of carbonyl (C=O) groups is 4. The number of hydrogen-bond donors (Lipinski definition) is 3. The zero-order chi connectivity index (χ0) is 66.5. The van der Waals surface area contributed by atoms with Gasteiger partial charge in [-0.2, -0.15) is 0 Å². The molecule has 0 saturated carbocycles. The van der Waals surface area contributed by atoms with Gasteiger partial charge in [-0.05, 0) is 88.9 Å². The van der Waals surface area contributed by atoms with Crippen molar-refractivity contribution in [3.63, 3.8) is 0 Å². The van der Waals surface area contributed by atoms with Crippen molar-refractivity contribution in [3.05, 3.63) is 48.6 Å². The average Bonchev–Trinajstić information content (AvgIpc) is 3.62. The van der Waals surface area contributed by atoms with Crippen LogP contribution < -0.4 is 0 Å². The molecule has 19 heteroatoms. The lowest BCUT2D eigenvalue weighted by Crippen LogP contribution is -2.30. The van der Waals surface area contributed by atoms with E-state index in [4.69, 9.17) is 37.0 Å². The van der Waals surface area contributed by atoms with E-state index in [1.165, 1.54) is 89.9 Å². The molecule has 526 valence electrons. The first-order chi connectivity index (χ1) is 43.4. The minimum atomic E-state index is -4.97. The second-order valence-corrected chi connectivity index (χ2v) is 28.1. The number of phosphoric ester groups is 2. The van der Waals surface area contributed by atoms with Crippen molar-refractivity contribution < 1.29 is 80.2 Å². The number of allylic oxidation sites excluding steroid dienone is 8. The van der Waals surface area contributed by atoms with Crippen molar-refractivity contribution in [3.8, 4) is 0 Å². The summed E-state index contributed by atoms with van der Waals surface area (Å²) < 4.78 is 68.2. The molecule has 17 nitrogen and oxygen atoms in total. The minimum Gasteiger partial charge on any atom is -0.462 e. The lowest BCUT2D eigenvalue weighted by molar-refractivity contribution is -0.161. The highest BCUT2D eigenvalue weighted by atomic mass is 31.2. The highest BCUT2D eigenvalue weighted by Crippen LogP contribution is 2.45. The van der Waals surface area contributed by atoms with Crippen LogP contribution in [0.2, 0.25) is 0 Å². The molecule has 0 aliphatic carbocycles. The summed E-state index contributed by atoms with van der Waals surface area (Å²) in [6.45, 7) is 9.29. The van der Waals surface area contributed by atoms with Crippen molar-refractivity contribution in [1.29, 1.82) is 0 Å². The Labute approximate surface area is 547 Å². The standard InChI is InChI=1S/C71H130O17P2/c1-7-9-11-13-15-17-19-21-23-25-27-29-35-41-47-53-68(73)81-59-66(87-70(75)55-49-43-36-30-28-26-24-22-20-18-16-14-12-10-8-2)61-85-89(77,78)83-57-65(72)58-84-90(79,80)86-62-67(88-71(76)56-50-44-38-32-34-40-46-52-64(5)6)60-82-69(74)54-48-42-37-31-33-39-45-51-63(3)4/h17-24,63-67,72H,7-16,25-62H2,1-6H3,(H,77,78)(H,79,80)/b19-17-,20-18-,23-21-,24-22-/t65?,66-,67-/m1/s1. The Balaban J connectivity index is 5.32. The van der Waals surface area contributed by atoms with Crippen LogP contribution in [0.3, 0.4) is 0 Å². The van der Waals surface area contributed by atoms with Gasteiger partial charge in [-0.1, -0.05) is 257 Å². The molecule has 0 spiro atoms. The van der Waals surface area contributed by atoms with Gasteiger partial charge in [0.15, 0.2) is 12.2 Å². The normalized spacial score (nSPS) is 14.5. The predicted octanol–water partition coefficient (Wildman–Crippen LogP) is 19.5. The Kier molecular flexibility index (Phi) is 60.1. The van der Waals surface area contributed by atoms with Gasteiger partial charge in [0.2, 0.25) is 0 Å². The van der Waals surface area contributed by atoms with E-state index in [0.717, 1.165) is 128 Å². The molecule has 0 aromatic carbocycles. The summed E-state index contributed by atoms with van der Waals surface area (Å²) in [7, 11) is -9.92. The van der Waals surface area contributed by atoms with E-state index in [1.54, 1.807) is 0 Å². The number of aliphatic hydroxyl groups excluding tert-OH is 1. The summed E-state index contributed by atoms with van der Waals surface area (Å²) in [5.74, 6) is -0.794. The number of rotatable bonds is 66. The van der Waals surface area contributed by atoms with Crippen LogP contribution in [-0.2, 0) is 65.4 Å². The number of esters is 4. The van der Waals surface area contributed by atoms with Gasteiger partial charge in [0, 0.05) is 25.7 Å². The fourth-order valence-corrected chi connectivity index (χ4v) is 11.3. The molecule has 0 aliphatic rings. The zero-order valence-corrected chi connectivity index (χ0v) is 59.2. The predicted molar refractivity (Wildman–Crippen MR) is 363 cm³/mol. The molecule has 0 bridgehead atoms. The van der Waals surface area contributed by atoms with E-state index in [9.17, 15) is 43.2 Å². The molecular formula is C71H130O17P2. The third kappa shape index (κ3) is 63.8. The van der Waals surface area contributed by atoms with Gasteiger partial charge in [0.25, 0.3) is 0 Å². The van der Waals surface area contributed by atoms with Crippen molar-refractivity contribution in [2.24, 2.45) is 11.8 Å². The molecule has 0 amide bonds. The third-order valence-corrected chi connectivity index (χ3v) is 17.1. The zero-order valence-electron chi connectivity index (χ0n) is 57.4. The molecular weight excluding hydrogens is 1190 g/mol. The fraction of sp³-hybridized carbons (Fsp3) is 0.831. The molecule has 0 aliphatic heterocycles. The molecule has 90 heavy (non-hydrogen) atoms. The van der Waals surface area contributed by atoms with Gasteiger partial charge in [-0.3, -0.25) is 37.3 Å². The van der Waals surface area contributed by atoms with Gasteiger partial charge >= 0.3 is 39.5 Å². The van der Waals surface area contributed by atoms with E-state index in [2.05, 4.69) is 90.2 Å². The summed E-state index contributed by atoms with van der Waals surface area (Å²) in [5.41, 5.74) is 0. The summed E-state index contributed by atoms with van der Waals surface area (Å²) in [6, 6.07) is 0. The molecule has 0 heterocycles. The van der Waals surface area contributed by atoms with E-state index in [0.29, 0.717) is 37.5 Å². The minimum absolute atomic E-state index is 0.0777. The van der Waals surface area contributed by atoms with Crippen molar-refractivity contribution >= 4 is 39.5 Å². The third-order valence-electron chi connectivity index (χ3n) is 15.2. The van der Waals surface area contributed by atoms with Gasteiger partial charge in [-0.25, -0.2) is 9.13 Å². The van der Waals surface area contributed by atoms with E-state index < -0.39 is 97.5 Å². The summed E-state index contributed by atoms with van der Waals surface area (Å²) in [5, 5.41) is 10.6. The monoisotopic (exact) mass is 1320 g/mol. The first-order valence-electron chi connectivity index (χ1n) is 35.6. The summed E-state index contributed by atoms with van der Waals surface area (Å²) >= 11 is 0. The van der Waals surface area contributed by atoms with E-state index in [-0.39, 0.29) is 25.7 Å². The largest absolute Gasteiger partial charge is 0.472 e. The Morgan fingerprint density at radius 2 is 0.600 bits per heavy atom. The molecule has 3 N–H and O–H groups in total. The van der Waals surface area contributed by atoms with Crippen LogP contribution in [0, 0.1) is 11.8 Å². The topological polar surface area (TPSA) is 237 Å². The number of hydrogen-bond acceptors (Lipinski definition) is 15.